The van der Waals surface area contributed by atoms with Gasteiger partial charge in [0.05, 0.1) is 5.69 Å². The first-order valence-electron chi connectivity index (χ1n) is 7.76. The van der Waals surface area contributed by atoms with Crippen LogP contribution >= 0.6 is 0 Å². The molecular weight excluding hydrogens is 305 g/mol. The van der Waals surface area contributed by atoms with Crippen LogP contribution in [0.1, 0.15) is 35.8 Å². The lowest BCUT2D eigenvalue weighted by Crippen LogP contribution is -2.14. The molecule has 3 aromatic rings. The van der Waals surface area contributed by atoms with Gasteiger partial charge in [0.25, 0.3) is 5.91 Å². The van der Waals surface area contributed by atoms with Crippen LogP contribution in [0.2, 0.25) is 0 Å². The average molecular weight is 323 g/mol. The molecule has 0 saturated heterocycles. The second kappa shape index (κ2) is 6.66. The summed E-state index contributed by atoms with van der Waals surface area (Å²) in [5.74, 6) is -0.343. The third kappa shape index (κ3) is 3.35. The van der Waals surface area contributed by atoms with Crippen molar-refractivity contribution in [3.8, 4) is 5.69 Å². The maximum atomic E-state index is 13.3. The van der Waals surface area contributed by atoms with Crippen LogP contribution in [0, 0.1) is 5.82 Å². The summed E-state index contributed by atoms with van der Waals surface area (Å²) in [4.78, 5) is 12.4. The summed E-state index contributed by atoms with van der Waals surface area (Å²) in [5, 5.41) is 7.13. The Balaban J connectivity index is 1.82. The Hall–Kier alpha value is -2.95. The number of benzene rings is 2. The van der Waals surface area contributed by atoms with Crippen LogP contribution in [0.25, 0.3) is 5.69 Å². The Bertz CT molecular complexity index is 870. The Labute approximate surface area is 139 Å². The minimum Gasteiger partial charge on any atom is -0.320 e. The van der Waals surface area contributed by atoms with E-state index in [-0.39, 0.29) is 17.4 Å². The van der Waals surface area contributed by atoms with Crippen molar-refractivity contribution in [3.63, 3.8) is 0 Å². The molecule has 0 saturated carbocycles. The van der Waals surface area contributed by atoms with Gasteiger partial charge in [-0.15, -0.1) is 0 Å². The van der Waals surface area contributed by atoms with E-state index in [1.807, 2.05) is 24.3 Å². The Morgan fingerprint density at radius 1 is 1.12 bits per heavy atom. The summed E-state index contributed by atoms with van der Waals surface area (Å²) in [6.45, 7) is 4.15. The SMILES string of the molecule is CC(C)c1ccccc1NC(=O)c1ccn(-c2cccc(F)c2)n1. The molecule has 122 valence electrons. The Morgan fingerprint density at radius 3 is 2.67 bits per heavy atom. The molecule has 4 nitrogen and oxygen atoms in total. The fraction of sp³-hybridized carbons (Fsp3) is 0.158. The summed E-state index contributed by atoms with van der Waals surface area (Å²) in [7, 11) is 0. The van der Waals surface area contributed by atoms with E-state index in [1.54, 1.807) is 24.4 Å². The minimum atomic E-state index is -0.347. The standard InChI is InChI=1S/C19H18FN3O/c1-13(2)16-8-3-4-9-17(16)21-19(24)18-10-11-23(22-18)15-7-5-6-14(20)12-15/h3-13H,1-2H3,(H,21,24). The number of aromatic nitrogens is 2. The van der Waals surface area contributed by atoms with E-state index < -0.39 is 0 Å². The molecule has 1 heterocycles. The van der Waals surface area contributed by atoms with Crippen molar-refractivity contribution in [1.29, 1.82) is 0 Å². The second-order valence-corrected chi connectivity index (χ2v) is 5.82. The van der Waals surface area contributed by atoms with Gasteiger partial charge in [0.1, 0.15) is 5.82 Å². The van der Waals surface area contributed by atoms with E-state index in [0.29, 0.717) is 11.6 Å². The van der Waals surface area contributed by atoms with E-state index in [9.17, 15) is 9.18 Å². The number of halogens is 1. The highest BCUT2D eigenvalue weighted by atomic mass is 19.1. The maximum Gasteiger partial charge on any atom is 0.276 e. The number of hydrogen-bond acceptors (Lipinski definition) is 2. The molecule has 2 aromatic carbocycles. The van der Waals surface area contributed by atoms with Crippen molar-refractivity contribution >= 4 is 11.6 Å². The lowest BCUT2D eigenvalue weighted by Gasteiger charge is -2.12. The van der Waals surface area contributed by atoms with Crippen LogP contribution in [0.4, 0.5) is 10.1 Å². The molecule has 0 atom stereocenters. The lowest BCUT2D eigenvalue weighted by molar-refractivity contribution is 0.102. The predicted molar refractivity (Wildman–Crippen MR) is 92.0 cm³/mol. The van der Waals surface area contributed by atoms with Crippen molar-refractivity contribution in [2.75, 3.05) is 5.32 Å². The van der Waals surface area contributed by atoms with Gasteiger partial charge in [-0.1, -0.05) is 38.1 Å². The molecule has 0 radical (unpaired) electrons. The van der Waals surface area contributed by atoms with Crippen molar-refractivity contribution in [2.45, 2.75) is 19.8 Å². The fourth-order valence-electron chi connectivity index (χ4n) is 2.51. The zero-order valence-electron chi connectivity index (χ0n) is 13.5. The van der Waals surface area contributed by atoms with E-state index in [4.69, 9.17) is 0 Å². The smallest absolute Gasteiger partial charge is 0.276 e. The normalized spacial score (nSPS) is 10.8. The van der Waals surface area contributed by atoms with E-state index in [0.717, 1.165) is 11.3 Å². The van der Waals surface area contributed by atoms with Crippen LogP contribution in [-0.2, 0) is 0 Å². The highest BCUT2D eigenvalue weighted by Crippen LogP contribution is 2.24. The lowest BCUT2D eigenvalue weighted by atomic mass is 10.0. The Kier molecular flexibility index (Phi) is 4.42. The van der Waals surface area contributed by atoms with Gasteiger partial charge in [0.15, 0.2) is 5.69 Å². The van der Waals surface area contributed by atoms with E-state index in [1.165, 1.54) is 16.8 Å². The molecule has 0 unspecified atom stereocenters. The average Bonchev–Trinajstić information content (AvgIpc) is 3.05. The monoisotopic (exact) mass is 323 g/mol. The van der Waals surface area contributed by atoms with Gasteiger partial charge < -0.3 is 5.32 Å². The number of para-hydroxylation sites is 1. The zero-order valence-corrected chi connectivity index (χ0v) is 13.5. The topological polar surface area (TPSA) is 46.9 Å². The molecule has 0 bridgehead atoms. The highest BCUT2D eigenvalue weighted by Gasteiger charge is 2.13. The number of hydrogen-bond donors (Lipinski definition) is 1. The number of carbonyl (C=O) groups is 1. The first kappa shape index (κ1) is 15.9. The molecule has 1 amide bonds. The van der Waals surface area contributed by atoms with Gasteiger partial charge in [-0.2, -0.15) is 5.10 Å². The van der Waals surface area contributed by atoms with Gasteiger partial charge in [-0.3, -0.25) is 4.79 Å². The summed E-state index contributed by atoms with van der Waals surface area (Å²) >= 11 is 0. The molecule has 0 spiro atoms. The molecule has 5 heteroatoms. The van der Waals surface area contributed by atoms with Gasteiger partial charge in [0, 0.05) is 11.9 Å². The van der Waals surface area contributed by atoms with Crippen molar-refractivity contribution in [1.82, 2.24) is 9.78 Å². The number of carbonyl (C=O) groups excluding carboxylic acids is 1. The van der Waals surface area contributed by atoms with Crippen LogP contribution in [0.3, 0.4) is 0 Å². The summed E-state index contributed by atoms with van der Waals surface area (Å²) in [6, 6.07) is 15.4. The maximum absolute atomic E-state index is 13.3. The number of anilines is 1. The molecular formula is C19H18FN3O. The highest BCUT2D eigenvalue weighted by molar-refractivity contribution is 6.03. The second-order valence-electron chi connectivity index (χ2n) is 5.82. The zero-order chi connectivity index (χ0) is 17.1. The van der Waals surface area contributed by atoms with Crippen molar-refractivity contribution in [2.24, 2.45) is 0 Å². The summed E-state index contributed by atoms with van der Waals surface area (Å²) in [5.41, 5.74) is 2.68. The number of nitrogens with zero attached hydrogens (tertiary/aromatic N) is 2. The van der Waals surface area contributed by atoms with E-state index >= 15 is 0 Å². The molecule has 1 aromatic heterocycles. The summed E-state index contributed by atoms with van der Waals surface area (Å²) in [6.07, 6.45) is 1.64. The Morgan fingerprint density at radius 2 is 1.92 bits per heavy atom. The molecule has 3 rings (SSSR count). The third-order valence-corrected chi connectivity index (χ3v) is 3.73. The van der Waals surface area contributed by atoms with Crippen LogP contribution in [0.15, 0.2) is 60.8 Å². The molecule has 24 heavy (non-hydrogen) atoms. The molecule has 1 N–H and O–H groups in total. The van der Waals surface area contributed by atoms with E-state index in [2.05, 4.69) is 24.3 Å². The number of rotatable bonds is 4. The fourth-order valence-corrected chi connectivity index (χ4v) is 2.51. The molecule has 0 fully saturated rings. The first-order valence-corrected chi connectivity index (χ1v) is 7.76. The largest absolute Gasteiger partial charge is 0.320 e. The van der Waals surface area contributed by atoms with Gasteiger partial charge >= 0.3 is 0 Å². The van der Waals surface area contributed by atoms with Gasteiger partial charge in [-0.05, 0) is 41.8 Å². The summed E-state index contributed by atoms with van der Waals surface area (Å²) < 4.78 is 14.8. The number of nitrogens with one attached hydrogen (secondary N) is 1. The predicted octanol–water partition coefficient (Wildman–Crippen LogP) is 4.39. The van der Waals surface area contributed by atoms with Crippen LogP contribution in [0.5, 0.6) is 0 Å². The van der Waals surface area contributed by atoms with Crippen LogP contribution in [-0.4, -0.2) is 15.7 Å². The molecule has 0 aliphatic carbocycles. The van der Waals surface area contributed by atoms with Gasteiger partial charge in [-0.25, -0.2) is 9.07 Å². The quantitative estimate of drug-likeness (QED) is 0.774. The van der Waals surface area contributed by atoms with Crippen molar-refractivity contribution in [3.05, 3.63) is 77.9 Å². The third-order valence-electron chi connectivity index (χ3n) is 3.73. The molecule has 0 aliphatic heterocycles. The molecule has 0 aliphatic rings. The first-order chi connectivity index (χ1) is 11.5. The van der Waals surface area contributed by atoms with Gasteiger partial charge in [0.2, 0.25) is 0 Å². The van der Waals surface area contributed by atoms with Crippen LogP contribution < -0.4 is 5.32 Å². The minimum absolute atomic E-state index is 0.276. The number of amides is 1. The van der Waals surface area contributed by atoms with Crippen molar-refractivity contribution < 1.29 is 9.18 Å².